The third-order valence-corrected chi connectivity index (χ3v) is 7.44. The number of carbonyl (C=O) groups excluding carboxylic acids is 1. The van der Waals surface area contributed by atoms with E-state index in [1.54, 1.807) is 11.0 Å². The molecule has 1 saturated heterocycles. The van der Waals surface area contributed by atoms with Gasteiger partial charge in [-0.25, -0.2) is 8.42 Å². The van der Waals surface area contributed by atoms with Crippen LogP contribution >= 0.6 is 0 Å². The molecule has 0 bridgehead atoms. The van der Waals surface area contributed by atoms with Crippen LogP contribution in [0.25, 0.3) is 0 Å². The Kier molecular flexibility index (Phi) is 6.38. The van der Waals surface area contributed by atoms with Gasteiger partial charge in [-0.3, -0.25) is 4.79 Å². The van der Waals surface area contributed by atoms with Crippen molar-refractivity contribution in [1.29, 1.82) is 0 Å². The van der Waals surface area contributed by atoms with Gasteiger partial charge < -0.3 is 14.4 Å². The first kappa shape index (κ1) is 22.1. The van der Waals surface area contributed by atoms with Gasteiger partial charge in [0.1, 0.15) is 0 Å². The molecule has 1 aliphatic heterocycles. The van der Waals surface area contributed by atoms with Gasteiger partial charge in [-0.15, -0.1) is 0 Å². The van der Waals surface area contributed by atoms with E-state index in [1.807, 2.05) is 44.2 Å². The summed E-state index contributed by atoms with van der Waals surface area (Å²) in [5, 5.41) is 0. The molecule has 0 aliphatic carbocycles. The number of benzene rings is 2. The highest BCUT2D eigenvalue weighted by molar-refractivity contribution is 7.89. The van der Waals surface area contributed by atoms with Crippen molar-refractivity contribution in [2.24, 2.45) is 0 Å². The second kappa shape index (κ2) is 8.65. The quantitative estimate of drug-likeness (QED) is 0.701. The Balaban J connectivity index is 1.72. The van der Waals surface area contributed by atoms with Crippen molar-refractivity contribution in [3.63, 3.8) is 0 Å². The Morgan fingerprint density at radius 1 is 0.900 bits per heavy atom. The van der Waals surface area contributed by atoms with Crippen LogP contribution < -0.4 is 9.47 Å². The summed E-state index contributed by atoms with van der Waals surface area (Å²) in [6, 6.07) is 14.2. The topological polar surface area (TPSA) is 76.2 Å². The molecular formula is C22H28N2O5S. The minimum absolute atomic E-state index is 0.00290. The number of nitrogens with zero attached hydrogens (tertiary/aromatic N) is 2. The van der Waals surface area contributed by atoms with E-state index in [4.69, 9.17) is 9.47 Å². The highest BCUT2D eigenvalue weighted by Crippen LogP contribution is 2.31. The summed E-state index contributed by atoms with van der Waals surface area (Å²) in [6.07, 6.45) is 0. The number of carbonyl (C=O) groups is 1. The van der Waals surface area contributed by atoms with E-state index in [2.05, 4.69) is 0 Å². The number of hydrogen-bond acceptors (Lipinski definition) is 5. The SMILES string of the molecule is COc1ccc(S(=O)(=O)N2CCN(C(=O)C(C)(C)c3ccccc3)CC2)cc1OC. The Hall–Kier alpha value is -2.58. The van der Waals surface area contributed by atoms with Gasteiger partial charge in [0.2, 0.25) is 15.9 Å². The average molecular weight is 433 g/mol. The zero-order valence-electron chi connectivity index (χ0n) is 17.8. The summed E-state index contributed by atoms with van der Waals surface area (Å²) in [5.74, 6) is 0.823. The lowest BCUT2D eigenvalue weighted by atomic mass is 9.83. The van der Waals surface area contributed by atoms with Crippen molar-refractivity contribution in [1.82, 2.24) is 9.21 Å². The fourth-order valence-electron chi connectivity index (χ4n) is 3.63. The van der Waals surface area contributed by atoms with E-state index in [0.717, 1.165) is 5.56 Å². The summed E-state index contributed by atoms with van der Waals surface area (Å²) in [6.45, 7) is 4.98. The standard InChI is InChI=1S/C22H28N2O5S/c1-22(2,17-8-6-5-7-9-17)21(25)23-12-14-24(15-13-23)30(26,27)18-10-11-19(28-3)20(16-18)29-4/h5-11,16H,12-15H2,1-4H3. The maximum Gasteiger partial charge on any atom is 0.243 e. The summed E-state index contributed by atoms with van der Waals surface area (Å²) in [4.78, 5) is 15.0. The number of amides is 1. The minimum atomic E-state index is -3.70. The van der Waals surface area contributed by atoms with Gasteiger partial charge in [0.25, 0.3) is 0 Å². The first-order chi connectivity index (χ1) is 14.2. The second-order valence-corrected chi connectivity index (χ2v) is 9.64. The molecule has 2 aromatic carbocycles. The molecule has 1 amide bonds. The number of methoxy groups -OCH3 is 2. The van der Waals surface area contributed by atoms with E-state index in [0.29, 0.717) is 24.6 Å². The molecule has 0 aromatic heterocycles. The Morgan fingerprint density at radius 2 is 1.50 bits per heavy atom. The van der Waals surface area contributed by atoms with Crippen LogP contribution in [0.2, 0.25) is 0 Å². The fraction of sp³-hybridized carbons (Fsp3) is 0.409. The van der Waals surface area contributed by atoms with Crippen LogP contribution in [-0.2, 0) is 20.2 Å². The molecular weight excluding hydrogens is 404 g/mol. The van der Waals surface area contributed by atoms with Crippen molar-refractivity contribution in [2.45, 2.75) is 24.2 Å². The van der Waals surface area contributed by atoms with E-state index >= 15 is 0 Å². The average Bonchev–Trinajstić information content (AvgIpc) is 2.78. The van der Waals surface area contributed by atoms with Gasteiger partial charge in [-0.1, -0.05) is 30.3 Å². The summed E-state index contributed by atoms with van der Waals surface area (Å²) < 4.78 is 38.0. The molecule has 0 unspecified atom stereocenters. The molecule has 0 radical (unpaired) electrons. The van der Waals surface area contributed by atoms with Crippen molar-refractivity contribution < 1.29 is 22.7 Å². The lowest BCUT2D eigenvalue weighted by Gasteiger charge is -2.38. The molecule has 7 nitrogen and oxygen atoms in total. The van der Waals surface area contributed by atoms with Gasteiger partial charge in [0.15, 0.2) is 11.5 Å². The van der Waals surface area contributed by atoms with Crippen LogP contribution in [0.3, 0.4) is 0 Å². The monoisotopic (exact) mass is 432 g/mol. The largest absolute Gasteiger partial charge is 0.493 e. The summed E-state index contributed by atoms with van der Waals surface area (Å²) in [5.41, 5.74) is 0.265. The van der Waals surface area contributed by atoms with Crippen molar-refractivity contribution >= 4 is 15.9 Å². The highest BCUT2D eigenvalue weighted by atomic mass is 32.2. The maximum atomic E-state index is 13.1. The molecule has 30 heavy (non-hydrogen) atoms. The van der Waals surface area contributed by atoms with Gasteiger partial charge in [0, 0.05) is 32.2 Å². The van der Waals surface area contributed by atoms with E-state index in [1.165, 1.54) is 30.7 Å². The van der Waals surface area contributed by atoms with E-state index in [9.17, 15) is 13.2 Å². The second-order valence-electron chi connectivity index (χ2n) is 7.70. The maximum absolute atomic E-state index is 13.1. The van der Waals surface area contributed by atoms with Crippen LogP contribution in [0.5, 0.6) is 11.5 Å². The van der Waals surface area contributed by atoms with Crippen LogP contribution in [0, 0.1) is 0 Å². The van der Waals surface area contributed by atoms with Gasteiger partial charge in [0.05, 0.1) is 24.5 Å². The lowest BCUT2D eigenvalue weighted by Crippen LogP contribution is -2.54. The molecule has 0 spiro atoms. The van der Waals surface area contributed by atoms with Gasteiger partial charge >= 0.3 is 0 Å². The molecule has 1 heterocycles. The third kappa shape index (κ3) is 4.15. The van der Waals surface area contributed by atoms with Crippen LogP contribution in [-0.4, -0.2) is 63.9 Å². The predicted molar refractivity (Wildman–Crippen MR) is 114 cm³/mol. The molecule has 3 rings (SSSR count). The third-order valence-electron chi connectivity index (χ3n) is 5.55. The molecule has 2 aromatic rings. The molecule has 8 heteroatoms. The number of ether oxygens (including phenoxy) is 2. The highest BCUT2D eigenvalue weighted by Gasteiger charge is 2.37. The number of hydrogen-bond donors (Lipinski definition) is 0. The summed E-state index contributed by atoms with van der Waals surface area (Å²) in [7, 11) is -0.732. The number of piperazine rings is 1. The molecule has 1 fully saturated rings. The Bertz CT molecular complexity index is 997. The first-order valence-electron chi connectivity index (χ1n) is 9.79. The Morgan fingerprint density at radius 3 is 2.07 bits per heavy atom. The van der Waals surface area contributed by atoms with Crippen molar-refractivity contribution in [3.05, 3.63) is 54.1 Å². The zero-order valence-corrected chi connectivity index (χ0v) is 18.6. The molecule has 0 N–H and O–H groups in total. The van der Waals surface area contributed by atoms with E-state index < -0.39 is 15.4 Å². The van der Waals surface area contributed by atoms with Gasteiger partial charge in [-0.2, -0.15) is 4.31 Å². The van der Waals surface area contributed by atoms with Crippen LogP contribution in [0.15, 0.2) is 53.4 Å². The fourth-order valence-corrected chi connectivity index (χ4v) is 5.07. The Labute approximate surface area is 178 Å². The molecule has 162 valence electrons. The normalized spacial score (nSPS) is 15.7. The van der Waals surface area contributed by atoms with E-state index in [-0.39, 0.29) is 23.9 Å². The lowest BCUT2D eigenvalue weighted by molar-refractivity contribution is -0.137. The molecule has 1 aliphatic rings. The predicted octanol–water partition coefficient (Wildman–Crippen LogP) is 2.51. The van der Waals surface area contributed by atoms with Gasteiger partial charge in [-0.05, 0) is 31.5 Å². The summed E-state index contributed by atoms with van der Waals surface area (Å²) >= 11 is 0. The first-order valence-corrected chi connectivity index (χ1v) is 11.2. The van der Waals surface area contributed by atoms with Crippen molar-refractivity contribution in [3.8, 4) is 11.5 Å². The van der Waals surface area contributed by atoms with Crippen molar-refractivity contribution in [2.75, 3.05) is 40.4 Å². The molecule has 0 atom stereocenters. The number of sulfonamides is 1. The van der Waals surface area contributed by atoms with Crippen LogP contribution in [0.1, 0.15) is 19.4 Å². The smallest absolute Gasteiger partial charge is 0.243 e. The minimum Gasteiger partial charge on any atom is -0.493 e. The number of rotatable bonds is 6. The zero-order chi connectivity index (χ0) is 21.9. The molecule has 0 saturated carbocycles. The van der Waals surface area contributed by atoms with Crippen LogP contribution in [0.4, 0.5) is 0 Å².